The Bertz CT molecular complexity index is 665. The Morgan fingerprint density at radius 2 is 1.90 bits per heavy atom. The summed E-state index contributed by atoms with van der Waals surface area (Å²) in [6, 6.07) is 13.4. The Balaban J connectivity index is 1.67. The first-order chi connectivity index (χ1) is 10.1. The summed E-state index contributed by atoms with van der Waals surface area (Å²) >= 11 is 5.89. The zero-order valence-electron chi connectivity index (χ0n) is 11.4. The summed E-state index contributed by atoms with van der Waals surface area (Å²) in [5.41, 5.74) is 1.59. The molecule has 108 valence electrons. The average molecular weight is 304 g/mol. The van der Waals surface area contributed by atoms with Crippen LogP contribution < -0.4 is 5.32 Å². The molecule has 1 saturated carbocycles. The highest BCUT2D eigenvalue weighted by Gasteiger charge is 2.44. The third-order valence-corrected chi connectivity index (χ3v) is 4.22. The largest absolute Gasteiger partial charge is 0.351 e. The molecule has 1 aliphatic rings. The highest BCUT2D eigenvalue weighted by atomic mass is 35.5. The molecule has 3 rings (SSSR count). The van der Waals surface area contributed by atoms with Crippen LogP contribution in [0.5, 0.6) is 0 Å². The first-order valence-electron chi connectivity index (χ1n) is 6.89. The Labute approximate surface area is 127 Å². The van der Waals surface area contributed by atoms with E-state index in [4.69, 9.17) is 11.6 Å². The maximum absolute atomic E-state index is 13.0. The van der Waals surface area contributed by atoms with Crippen LogP contribution in [0.1, 0.15) is 28.8 Å². The van der Waals surface area contributed by atoms with Crippen LogP contribution in [0.4, 0.5) is 4.39 Å². The molecule has 2 aromatic carbocycles. The summed E-state index contributed by atoms with van der Waals surface area (Å²) < 4.78 is 13.0. The maximum Gasteiger partial charge on any atom is 0.251 e. The molecule has 1 fully saturated rings. The van der Waals surface area contributed by atoms with Gasteiger partial charge in [-0.1, -0.05) is 29.8 Å². The molecule has 2 nitrogen and oxygen atoms in total. The molecule has 0 saturated heterocycles. The minimum Gasteiger partial charge on any atom is -0.351 e. The standard InChI is InChI=1S/C17H15ClFNO/c18-14-3-1-2-12(10-14)16(21)20-11-17(8-9-17)13-4-6-15(19)7-5-13/h1-7,10H,8-9,11H2,(H,20,21). The summed E-state index contributed by atoms with van der Waals surface area (Å²) in [6.45, 7) is 0.560. The number of rotatable bonds is 4. The number of halogens is 2. The minimum absolute atomic E-state index is 0.0397. The lowest BCUT2D eigenvalue weighted by molar-refractivity contribution is 0.0949. The van der Waals surface area contributed by atoms with E-state index in [2.05, 4.69) is 5.32 Å². The van der Waals surface area contributed by atoms with Crippen LogP contribution >= 0.6 is 11.6 Å². The fourth-order valence-electron chi connectivity index (χ4n) is 2.50. The molecule has 0 bridgehead atoms. The van der Waals surface area contributed by atoms with Gasteiger partial charge in [-0.25, -0.2) is 4.39 Å². The third-order valence-electron chi connectivity index (χ3n) is 3.98. The van der Waals surface area contributed by atoms with Crippen molar-refractivity contribution in [3.8, 4) is 0 Å². The van der Waals surface area contributed by atoms with Crippen LogP contribution in [0, 0.1) is 5.82 Å². The van der Waals surface area contributed by atoms with Gasteiger partial charge in [0, 0.05) is 22.5 Å². The van der Waals surface area contributed by atoms with E-state index in [1.54, 1.807) is 36.4 Å². The zero-order valence-corrected chi connectivity index (χ0v) is 12.2. The highest BCUT2D eigenvalue weighted by Crippen LogP contribution is 2.47. The van der Waals surface area contributed by atoms with Crippen LogP contribution in [0.3, 0.4) is 0 Å². The number of benzene rings is 2. The number of hydrogen-bond acceptors (Lipinski definition) is 1. The van der Waals surface area contributed by atoms with Gasteiger partial charge in [0.1, 0.15) is 5.82 Å². The van der Waals surface area contributed by atoms with Crippen molar-refractivity contribution in [2.24, 2.45) is 0 Å². The lowest BCUT2D eigenvalue weighted by atomic mass is 9.96. The first kappa shape index (κ1) is 14.1. The quantitative estimate of drug-likeness (QED) is 0.910. The molecule has 1 aliphatic carbocycles. The van der Waals surface area contributed by atoms with Crippen molar-refractivity contribution in [3.05, 3.63) is 70.5 Å². The second-order valence-corrected chi connectivity index (χ2v) is 5.92. The van der Waals surface area contributed by atoms with E-state index in [9.17, 15) is 9.18 Å². The summed E-state index contributed by atoms with van der Waals surface area (Å²) in [4.78, 5) is 12.1. The highest BCUT2D eigenvalue weighted by molar-refractivity contribution is 6.30. The Morgan fingerprint density at radius 3 is 2.52 bits per heavy atom. The number of amides is 1. The fourth-order valence-corrected chi connectivity index (χ4v) is 2.69. The van der Waals surface area contributed by atoms with Crippen LogP contribution in [0.15, 0.2) is 48.5 Å². The molecular formula is C17H15ClFNO. The third kappa shape index (κ3) is 3.08. The maximum atomic E-state index is 13.0. The minimum atomic E-state index is -0.238. The van der Waals surface area contributed by atoms with Crippen LogP contribution in [0.25, 0.3) is 0 Å². The van der Waals surface area contributed by atoms with Gasteiger partial charge in [-0.3, -0.25) is 4.79 Å². The zero-order chi connectivity index (χ0) is 14.9. The topological polar surface area (TPSA) is 29.1 Å². The first-order valence-corrected chi connectivity index (χ1v) is 7.27. The van der Waals surface area contributed by atoms with Crippen molar-refractivity contribution in [2.75, 3.05) is 6.54 Å². The molecule has 0 atom stereocenters. The van der Waals surface area contributed by atoms with Gasteiger partial charge in [0.15, 0.2) is 0 Å². The van der Waals surface area contributed by atoms with E-state index in [0.717, 1.165) is 18.4 Å². The molecule has 1 amide bonds. The molecule has 0 aliphatic heterocycles. The van der Waals surface area contributed by atoms with Gasteiger partial charge in [0.2, 0.25) is 0 Å². The van der Waals surface area contributed by atoms with Crippen molar-refractivity contribution >= 4 is 17.5 Å². The van der Waals surface area contributed by atoms with Gasteiger partial charge in [-0.2, -0.15) is 0 Å². The van der Waals surface area contributed by atoms with Gasteiger partial charge in [0.05, 0.1) is 0 Å². The van der Waals surface area contributed by atoms with Gasteiger partial charge in [-0.05, 0) is 48.7 Å². The second-order valence-electron chi connectivity index (χ2n) is 5.48. The molecule has 1 N–H and O–H groups in total. The van der Waals surface area contributed by atoms with Gasteiger partial charge in [-0.15, -0.1) is 0 Å². The Morgan fingerprint density at radius 1 is 1.19 bits per heavy atom. The van der Waals surface area contributed by atoms with Crippen molar-refractivity contribution in [2.45, 2.75) is 18.3 Å². The molecular weight excluding hydrogens is 289 g/mol. The Kier molecular flexibility index (Phi) is 3.68. The second kappa shape index (κ2) is 5.49. The van der Waals surface area contributed by atoms with Gasteiger partial charge < -0.3 is 5.32 Å². The molecule has 0 spiro atoms. The summed E-state index contributed by atoms with van der Waals surface area (Å²) in [7, 11) is 0. The van der Waals surface area contributed by atoms with E-state index in [-0.39, 0.29) is 17.1 Å². The molecule has 0 aromatic heterocycles. The predicted octanol–water partition coefficient (Wildman–Crippen LogP) is 3.94. The SMILES string of the molecule is O=C(NCC1(c2ccc(F)cc2)CC1)c1cccc(Cl)c1. The molecule has 4 heteroatoms. The molecule has 0 heterocycles. The lowest BCUT2D eigenvalue weighted by Crippen LogP contribution is -2.32. The van der Waals surface area contributed by atoms with E-state index in [1.807, 2.05) is 0 Å². The number of carbonyl (C=O) groups excluding carboxylic acids is 1. The summed E-state index contributed by atoms with van der Waals surface area (Å²) in [6.07, 6.45) is 2.02. The number of hydrogen-bond donors (Lipinski definition) is 1. The van der Waals surface area contributed by atoms with Crippen LogP contribution in [-0.2, 0) is 5.41 Å². The van der Waals surface area contributed by atoms with E-state index < -0.39 is 0 Å². The molecule has 0 unspecified atom stereocenters. The molecule has 2 aromatic rings. The normalized spacial score (nSPS) is 15.5. The number of nitrogens with one attached hydrogen (secondary N) is 1. The van der Waals surface area contributed by atoms with E-state index in [0.29, 0.717) is 17.1 Å². The smallest absolute Gasteiger partial charge is 0.251 e. The van der Waals surface area contributed by atoms with Crippen molar-refractivity contribution < 1.29 is 9.18 Å². The number of carbonyl (C=O) groups is 1. The van der Waals surface area contributed by atoms with Crippen molar-refractivity contribution in [1.29, 1.82) is 0 Å². The van der Waals surface area contributed by atoms with Crippen LogP contribution in [-0.4, -0.2) is 12.5 Å². The predicted molar refractivity (Wildman–Crippen MR) is 81.1 cm³/mol. The molecule has 21 heavy (non-hydrogen) atoms. The van der Waals surface area contributed by atoms with Gasteiger partial charge >= 0.3 is 0 Å². The van der Waals surface area contributed by atoms with E-state index >= 15 is 0 Å². The van der Waals surface area contributed by atoms with Gasteiger partial charge in [0.25, 0.3) is 5.91 Å². The lowest BCUT2D eigenvalue weighted by Gasteiger charge is -2.16. The summed E-state index contributed by atoms with van der Waals surface area (Å²) in [5, 5.41) is 3.49. The fraction of sp³-hybridized carbons (Fsp3) is 0.235. The molecule has 0 radical (unpaired) electrons. The van der Waals surface area contributed by atoms with Crippen molar-refractivity contribution in [1.82, 2.24) is 5.32 Å². The average Bonchev–Trinajstić information content (AvgIpc) is 3.27. The van der Waals surface area contributed by atoms with Crippen molar-refractivity contribution in [3.63, 3.8) is 0 Å². The van der Waals surface area contributed by atoms with E-state index in [1.165, 1.54) is 12.1 Å². The van der Waals surface area contributed by atoms with Crippen LogP contribution in [0.2, 0.25) is 5.02 Å². The monoisotopic (exact) mass is 303 g/mol. The Hall–Kier alpha value is -1.87. The summed E-state index contributed by atoms with van der Waals surface area (Å²) in [5.74, 6) is -0.372.